The first-order chi connectivity index (χ1) is 7.31. The number of rotatable bonds is 0. The van der Waals surface area contributed by atoms with Crippen LogP contribution < -0.4 is 9.47 Å². The molecule has 1 aromatic rings. The van der Waals surface area contributed by atoms with E-state index in [0.717, 1.165) is 19.0 Å². The van der Waals surface area contributed by atoms with Gasteiger partial charge in [-0.3, -0.25) is 0 Å². The first kappa shape index (κ1) is 8.60. The maximum absolute atomic E-state index is 8.78. The minimum Gasteiger partial charge on any atom is -0.489 e. The smallest absolute Gasteiger partial charge is 0.162 e. The average molecular weight is 201 g/mol. The first-order valence-electron chi connectivity index (χ1n) is 5.11. The molecule has 0 unspecified atom stereocenters. The summed E-state index contributed by atoms with van der Waals surface area (Å²) in [5, 5.41) is 8.78. The van der Waals surface area contributed by atoms with E-state index in [1.54, 1.807) is 12.1 Å². The summed E-state index contributed by atoms with van der Waals surface area (Å²) in [7, 11) is 0. The van der Waals surface area contributed by atoms with Crippen molar-refractivity contribution in [2.24, 2.45) is 5.41 Å². The summed E-state index contributed by atoms with van der Waals surface area (Å²) in [5.74, 6) is 1.47. The lowest BCUT2D eigenvalue weighted by atomic mass is 10.1. The molecule has 0 saturated heterocycles. The topological polar surface area (TPSA) is 42.2 Å². The lowest BCUT2D eigenvalue weighted by molar-refractivity contribution is 0.197. The van der Waals surface area contributed by atoms with Crippen molar-refractivity contribution in [3.05, 3.63) is 23.8 Å². The molecule has 0 N–H and O–H groups in total. The van der Waals surface area contributed by atoms with E-state index < -0.39 is 0 Å². The van der Waals surface area contributed by atoms with Crippen LogP contribution in [0.15, 0.2) is 18.2 Å². The van der Waals surface area contributed by atoms with Gasteiger partial charge in [0.05, 0.1) is 24.8 Å². The van der Waals surface area contributed by atoms with E-state index in [9.17, 15) is 0 Å². The maximum atomic E-state index is 8.78. The molecule has 1 aliphatic heterocycles. The summed E-state index contributed by atoms with van der Waals surface area (Å²) in [6.45, 7) is 1.46. The molecule has 3 rings (SSSR count). The maximum Gasteiger partial charge on any atom is 0.162 e. The van der Waals surface area contributed by atoms with Gasteiger partial charge >= 0.3 is 0 Å². The van der Waals surface area contributed by atoms with Gasteiger partial charge in [-0.2, -0.15) is 5.26 Å². The molecule has 76 valence electrons. The molecule has 3 heteroatoms. The number of fused-ring (bicyclic) bond motifs is 1. The zero-order valence-corrected chi connectivity index (χ0v) is 8.32. The molecular formula is C12H11NO2. The number of benzene rings is 1. The molecule has 1 heterocycles. The lowest BCUT2D eigenvalue weighted by Crippen LogP contribution is -2.17. The van der Waals surface area contributed by atoms with E-state index in [4.69, 9.17) is 14.7 Å². The highest BCUT2D eigenvalue weighted by Gasteiger charge is 2.46. The van der Waals surface area contributed by atoms with Gasteiger partial charge in [0.1, 0.15) is 0 Å². The van der Waals surface area contributed by atoms with E-state index in [1.807, 2.05) is 6.07 Å². The molecule has 1 spiro atoms. The molecule has 1 saturated carbocycles. The van der Waals surface area contributed by atoms with Crippen LogP contribution in [0, 0.1) is 16.7 Å². The molecule has 0 amide bonds. The molecule has 1 aliphatic carbocycles. The van der Waals surface area contributed by atoms with E-state index in [-0.39, 0.29) is 5.41 Å². The fourth-order valence-electron chi connectivity index (χ4n) is 1.78. The Morgan fingerprint density at radius 1 is 1.13 bits per heavy atom. The molecule has 1 fully saturated rings. The molecule has 1 aromatic carbocycles. The van der Waals surface area contributed by atoms with Gasteiger partial charge in [-0.05, 0) is 25.0 Å². The van der Waals surface area contributed by atoms with Crippen molar-refractivity contribution >= 4 is 0 Å². The summed E-state index contributed by atoms with van der Waals surface area (Å²) < 4.78 is 11.4. The van der Waals surface area contributed by atoms with Gasteiger partial charge in [-0.15, -0.1) is 0 Å². The third-order valence-electron chi connectivity index (χ3n) is 3.10. The Kier molecular flexibility index (Phi) is 1.66. The van der Waals surface area contributed by atoms with Gasteiger partial charge in [0.25, 0.3) is 0 Å². The number of ether oxygens (including phenoxy) is 2. The quantitative estimate of drug-likeness (QED) is 0.645. The number of nitrogens with zero attached hydrogens (tertiary/aromatic N) is 1. The molecule has 0 radical (unpaired) electrons. The molecule has 0 atom stereocenters. The third-order valence-corrected chi connectivity index (χ3v) is 3.10. The van der Waals surface area contributed by atoms with Crippen LogP contribution in [0.3, 0.4) is 0 Å². The molecular weight excluding hydrogens is 190 g/mol. The molecule has 0 bridgehead atoms. The zero-order chi connectivity index (χ0) is 10.3. The predicted octanol–water partition coefficient (Wildman–Crippen LogP) is 2.11. The van der Waals surface area contributed by atoms with Crippen molar-refractivity contribution in [3.63, 3.8) is 0 Å². The van der Waals surface area contributed by atoms with Crippen LogP contribution in [0.5, 0.6) is 11.5 Å². The summed E-state index contributed by atoms with van der Waals surface area (Å²) in [5.41, 5.74) is 0.871. The summed E-state index contributed by atoms with van der Waals surface area (Å²) in [4.78, 5) is 0. The Labute approximate surface area is 88.2 Å². The Morgan fingerprint density at radius 2 is 1.87 bits per heavy atom. The number of hydrogen-bond acceptors (Lipinski definition) is 3. The Bertz CT molecular complexity index is 443. The van der Waals surface area contributed by atoms with Crippen LogP contribution in [0.25, 0.3) is 0 Å². The van der Waals surface area contributed by atoms with Crippen LogP contribution in [-0.4, -0.2) is 13.2 Å². The van der Waals surface area contributed by atoms with Crippen molar-refractivity contribution < 1.29 is 9.47 Å². The summed E-state index contributed by atoms with van der Waals surface area (Å²) in [6, 6.07) is 7.42. The van der Waals surface area contributed by atoms with Crippen molar-refractivity contribution in [2.45, 2.75) is 12.8 Å². The fraction of sp³-hybridized carbons (Fsp3) is 0.417. The van der Waals surface area contributed by atoms with Crippen molar-refractivity contribution in [1.82, 2.24) is 0 Å². The highest BCUT2D eigenvalue weighted by Crippen LogP contribution is 2.48. The van der Waals surface area contributed by atoms with Gasteiger partial charge in [-0.1, -0.05) is 0 Å². The second kappa shape index (κ2) is 2.90. The second-order valence-electron chi connectivity index (χ2n) is 4.35. The van der Waals surface area contributed by atoms with Crippen molar-refractivity contribution in [1.29, 1.82) is 5.26 Å². The van der Waals surface area contributed by atoms with Gasteiger partial charge < -0.3 is 9.47 Å². The normalized spacial score (nSPS) is 20.5. The largest absolute Gasteiger partial charge is 0.489 e. The Hall–Kier alpha value is -1.69. The molecule has 2 aliphatic rings. The van der Waals surface area contributed by atoms with Crippen LogP contribution in [0.2, 0.25) is 0 Å². The van der Waals surface area contributed by atoms with Crippen LogP contribution >= 0.6 is 0 Å². The SMILES string of the molecule is N#Cc1ccc2c(c1)OCC1(CC1)CO2. The summed E-state index contributed by atoms with van der Waals surface area (Å²) in [6.07, 6.45) is 2.37. The van der Waals surface area contributed by atoms with Gasteiger partial charge in [0, 0.05) is 11.5 Å². The Morgan fingerprint density at radius 3 is 2.53 bits per heavy atom. The first-order valence-corrected chi connectivity index (χ1v) is 5.11. The van der Waals surface area contributed by atoms with Crippen molar-refractivity contribution in [3.8, 4) is 17.6 Å². The van der Waals surface area contributed by atoms with E-state index in [0.29, 0.717) is 11.3 Å². The van der Waals surface area contributed by atoms with Gasteiger partial charge in [0.2, 0.25) is 0 Å². The van der Waals surface area contributed by atoms with Crippen molar-refractivity contribution in [2.75, 3.05) is 13.2 Å². The average Bonchev–Trinajstić information content (AvgIpc) is 3.07. The van der Waals surface area contributed by atoms with Crippen LogP contribution in [0.1, 0.15) is 18.4 Å². The number of nitriles is 1. The van der Waals surface area contributed by atoms with Gasteiger partial charge in [-0.25, -0.2) is 0 Å². The molecule has 3 nitrogen and oxygen atoms in total. The number of hydrogen-bond donors (Lipinski definition) is 0. The van der Waals surface area contributed by atoms with Crippen LogP contribution in [0.4, 0.5) is 0 Å². The standard InChI is InChI=1S/C12H11NO2/c13-6-9-1-2-10-11(5-9)15-8-12(3-4-12)7-14-10/h1-2,5H,3-4,7-8H2. The highest BCUT2D eigenvalue weighted by molar-refractivity contribution is 5.47. The monoisotopic (exact) mass is 201 g/mol. The molecule has 0 aromatic heterocycles. The lowest BCUT2D eigenvalue weighted by Gasteiger charge is -2.08. The Balaban J connectivity index is 1.93. The van der Waals surface area contributed by atoms with Gasteiger partial charge in [0.15, 0.2) is 11.5 Å². The predicted molar refractivity (Wildman–Crippen MR) is 53.8 cm³/mol. The summed E-state index contributed by atoms with van der Waals surface area (Å²) >= 11 is 0. The van der Waals surface area contributed by atoms with E-state index >= 15 is 0 Å². The third kappa shape index (κ3) is 1.42. The zero-order valence-electron chi connectivity index (χ0n) is 8.32. The molecule has 15 heavy (non-hydrogen) atoms. The van der Waals surface area contributed by atoms with E-state index in [1.165, 1.54) is 12.8 Å². The highest BCUT2D eigenvalue weighted by atomic mass is 16.5. The van der Waals surface area contributed by atoms with E-state index in [2.05, 4.69) is 6.07 Å². The minimum absolute atomic E-state index is 0.256. The fourth-order valence-corrected chi connectivity index (χ4v) is 1.78. The minimum atomic E-state index is 0.256. The second-order valence-corrected chi connectivity index (χ2v) is 4.35. The van der Waals surface area contributed by atoms with Crippen LogP contribution in [-0.2, 0) is 0 Å².